The van der Waals surface area contributed by atoms with Crippen molar-refractivity contribution in [1.82, 2.24) is 14.8 Å². The molecular weight excluding hydrogens is 200 g/mol. The Labute approximate surface area is 83.1 Å². The van der Waals surface area contributed by atoms with Crippen molar-refractivity contribution in [3.8, 4) is 5.69 Å². The molecule has 7 heteroatoms. The number of aromatic nitrogens is 3. The number of nitrogens with zero attached hydrogens (tertiary/aromatic N) is 3. The first kappa shape index (κ1) is 9.13. The number of hydrogen-bond donors (Lipinski definition) is 1. The summed E-state index contributed by atoms with van der Waals surface area (Å²) in [6.07, 6.45) is 1.31. The number of aromatic amines is 1. The molecule has 0 amide bonds. The van der Waals surface area contributed by atoms with E-state index in [1.165, 1.54) is 35.2 Å². The SMILES string of the molecule is O=c1[nH]ncn1-c1ccc([N+](=O)[O-])cc1. The zero-order chi connectivity index (χ0) is 10.8. The predicted octanol–water partition coefficient (Wildman–Crippen LogP) is 0.469. The van der Waals surface area contributed by atoms with Crippen molar-refractivity contribution < 1.29 is 4.92 Å². The zero-order valence-electron chi connectivity index (χ0n) is 7.45. The minimum absolute atomic E-state index is 0.0182. The number of nitro groups is 1. The Morgan fingerprint density at radius 2 is 2.00 bits per heavy atom. The van der Waals surface area contributed by atoms with Gasteiger partial charge in [-0.15, -0.1) is 0 Å². The van der Waals surface area contributed by atoms with Crippen molar-refractivity contribution in [2.24, 2.45) is 0 Å². The maximum absolute atomic E-state index is 11.1. The normalized spacial score (nSPS) is 10.1. The molecule has 1 aromatic heterocycles. The zero-order valence-corrected chi connectivity index (χ0v) is 7.45. The third kappa shape index (κ3) is 1.62. The van der Waals surface area contributed by atoms with E-state index in [0.717, 1.165) is 0 Å². The van der Waals surface area contributed by atoms with Crippen LogP contribution in [-0.2, 0) is 0 Å². The molecule has 7 nitrogen and oxygen atoms in total. The second-order valence-corrected chi connectivity index (χ2v) is 2.81. The average Bonchev–Trinajstić information content (AvgIpc) is 2.65. The Morgan fingerprint density at radius 3 is 2.47 bits per heavy atom. The summed E-state index contributed by atoms with van der Waals surface area (Å²) in [4.78, 5) is 21.0. The van der Waals surface area contributed by atoms with Gasteiger partial charge in [0.2, 0.25) is 0 Å². The first-order valence-electron chi connectivity index (χ1n) is 4.05. The maximum Gasteiger partial charge on any atom is 0.347 e. The summed E-state index contributed by atoms with van der Waals surface area (Å²) in [7, 11) is 0. The second-order valence-electron chi connectivity index (χ2n) is 2.81. The summed E-state index contributed by atoms with van der Waals surface area (Å²) in [5, 5.41) is 16.2. The third-order valence-corrected chi connectivity index (χ3v) is 1.89. The fourth-order valence-corrected chi connectivity index (χ4v) is 1.17. The Kier molecular flexibility index (Phi) is 2.05. The molecule has 0 saturated heterocycles. The molecule has 2 aromatic rings. The van der Waals surface area contributed by atoms with E-state index >= 15 is 0 Å². The number of nitro benzene ring substituents is 1. The van der Waals surface area contributed by atoms with Gasteiger partial charge in [-0.05, 0) is 12.1 Å². The number of nitrogens with one attached hydrogen (secondary N) is 1. The van der Waals surface area contributed by atoms with Gasteiger partial charge >= 0.3 is 5.69 Å². The van der Waals surface area contributed by atoms with Crippen LogP contribution in [0.4, 0.5) is 5.69 Å². The summed E-state index contributed by atoms with van der Waals surface area (Å²) in [6.45, 7) is 0. The smallest absolute Gasteiger partial charge is 0.258 e. The molecule has 76 valence electrons. The van der Waals surface area contributed by atoms with Crippen LogP contribution in [0.1, 0.15) is 0 Å². The number of benzene rings is 1. The Balaban J connectivity index is 2.44. The molecule has 0 unspecified atom stereocenters. The first-order chi connectivity index (χ1) is 7.18. The van der Waals surface area contributed by atoms with Gasteiger partial charge in [0.15, 0.2) is 0 Å². The lowest BCUT2D eigenvalue weighted by molar-refractivity contribution is -0.384. The monoisotopic (exact) mass is 206 g/mol. The molecule has 2 rings (SSSR count). The topological polar surface area (TPSA) is 93.8 Å². The first-order valence-corrected chi connectivity index (χ1v) is 4.05. The van der Waals surface area contributed by atoms with E-state index in [1.807, 2.05) is 0 Å². The third-order valence-electron chi connectivity index (χ3n) is 1.89. The van der Waals surface area contributed by atoms with Crippen LogP contribution in [0.5, 0.6) is 0 Å². The maximum atomic E-state index is 11.1. The highest BCUT2D eigenvalue weighted by Gasteiger charge is 2.05. The van der Waals surface area contributed by atoms with Gasteiger partial charge in [0.1, 0.15) is 6.33 Å². The van der Waals surface area contributed by atoms with Gasteiger partial charge in [0.05, 0.1) is 10.6 Å². The Hall–Kier alpha value is -2.44. The van der Waals surface area contributed by atoms with Crippen LogP contribution >= 0.6 is 0 Å². The molecular formula is C8H6N4O3. The lowest BCUT2D eigenvalue weighted by atomic mass is 10.3. The summed E-state index contributed by atoms with van der Waals surface area (Å²) in [6, 6.07) is 5.62. The summed E-state index contributed by atoms with van der Waals surface area (Å²) in [5.74, 6) is 0. The Morgan fingerprint density at radius 1 is 1.33 bits per heavy atom. The highest BCUT2D eigenvalue weighted by Crippen LogP contribution is 2.13. The number of rotatable bonds is 2. The van der Waals surface area contributed by atoms with Crippen molar-refractivity contribution in [3.05, 3.63) is 51.2 Å². The summed E-state index contributed by atoms with van der Waals surface area (Å²) in [5.41, 5.74) is 0.124. The van der Waals surface area contributed by atoms with Gasteiger partial charge in [0, 0.05) is 12.1 Å². The molecule has 1 heterocycles. The largest absolute Gasteiger partial charge is 0.347 e. The van der Waals surface area contributed by atoms with Crippen molar-refractivity contribution in [1.29, 1.82) is 0 Å². The molecule has 0 fully saturated rings. The highest BCUT2D eigenvalue weighted by molar-refractivity contribution is 5.40. The number of non-ortho nitro benzene ring substituents is 1. The Bertz CT molecular complexity index is 540. The highest BCUT2D eigenvalue weighted by atomic mass is 16.6. The molecule has 0 radical (unpaired) electrons. The molecule has 1 N–H and O–H groups in total. The van der Waals surface area contributed by atoms with Crippen LogP contribution in [0.25, 0.3) is 5.69 Å². The van der Waals surface area contributed by atoms with Gasteiger partial charge in [-0.3, -0.25) is 10.1 Å². The number of hydrogen-bond acceptors (Lipinski definition) is 4. The molecule has 0 aliphatic heterocycles. The van der Waals surface area contributed by atoms with Gasteiger partial charge in [0.25, 0.3) is 5.69 Å². The molecule has 0 bridgehead atoms. The van der Waals surface area contributed by atoms with E-state index in [2.05, 4.69) is 10.2 Å². The van der Waals surface area contributed by atoms with Gasteiger partial charge in [-0.25, -0.2) is 14.5 Å². The van der Waals surface area contributed by atoms with E-state index in [4.69, 9.17) is 0 Å². The van der Waals surface area contributed by atoms with Crippen molar-refractivity contribution in [2.75, 3.05) is 0 Å². The van der Waals surface area contributed by atoms with Crippen molar-refractivity contribution in [3.63, 3.8) is 0 Å². The van der Waals surface area contributed by atoms with Crippen LogP contribution in [0.15, 0.2) is 35.4 Å². The van der Waals surface area contributed by atoms with Gasteiger partial charge in [-0.1, -0.05) is 0 Å². The molecule has 0 aliphatic rings. The fourth-order valence-electron chi connectivity index (χ4n) is 1.17. The van der Waals surface area contributed by atoms with Crippen molar-refractivity contribution in [2.45, 2.75) is 0 Å². The van der Waals surface area contributed by atoms with Crippen LogP contribution in [-0.4, -0.2) is 19.7 Å². The van der Waals surface area contributed by atoms with Crippen LogP contribution in [0, 0.1) is 10.1 Å². The minimum Gasteiger partial charge on any atom is -0.258 e. The molecule has 0 atom stereocenters. The predicted molar refractivity (Wildman–Crippen MR) is 50.8 cm³/mol. The van der Waals surface area contributed by atoms with E-state index in [9.17, 15) is 14.9 Å². The van der Waals surface area contributed by atoms with E-state index in [1.54, 1.807) is 0 Å². The van der Waals surface area contributed by atoms with Crippen LogP contribution in [0.2, 0.25) is 0 Å². The van der Waals surface area contributed by atoms with E-state index in [-0.39, 0.29) is 11.4 Å². The summed E-state index contributed by atoms with van der Waals surface area (Å²) < 4.78 is 1.25. The van der Waals surface area contributed by atoms with Crippen LogP contribution < -0.4 is 5.69 Å². The van der Waals surface area contributed by atoms with Gasteiger partial charge < -0.3 is 0 Å². The molecule has 0 aliphatic carbocycles. The minimum atomic E-state index is -0.498. The molecule has 0 spiro atoms. The average molecular weight is 206 g/mol. The quantitative estimate of drug-likeness (QED) is 0.570. The molecule has 0 saturated carbocycles. The lowest BCUT2D eigenvalue weighted by Crippen LogP contribution is -2.13. The fraction of sp³-hybridized carbons (Fsp3) is 0. The standard InChI is InChI=1S/C8H6N4O3/c13-8-10-9-5-11(8)6-1-3-7(4-2-6)12(14)15/h1-5H,(H,10,13). The number of H-pyrrole nitrogens is 1. The van der Waals surface area contributed by atoms with E-state index < -0.39 is 4.92 Å². The van der Waals surface area contributed by atoms with E-state index in [0.29, 0.717) is 5.69 Å². The summed E-state index contributed by atoms with van der Waals surface area (Å²) >= 11 is 0. The molecule has 1 aromatic carbocycles. The van der Waals surface area contributed by atoms with Crippen molar-refractivity contribution >= 4 is 5.69 Å². The molecule has 15 heavy (non-hydrogen) atoms. The lowest BCUT2D eigenvalue weighted by Gasteiger charge is -1.98. The van der Waals surface area contributed by atoms with Crippen LogP contribution in [0.3, 0.4) is 0 Å². The van der Waals surface area contributed by atoms with Gasteiger partial charge in [-0.2, -0.15) is 5.10 Å². The second kappa shape index (κ2) is 3.37.